The maximum atomic E-state index is 13.7. The van der Waals surface area contributed by atoms with Crippen LogP contribution in [0.25, 0.3) is 44.5 Å². The molecule has 4 aromatic heterocycles. The Kier molecular flexibility index (Phi) is 11.0. The van der Waals surface area contributed by atoms with E-state index < -0.39 is 5.54 Å². The molecule has 0 bridgehead atoms. The molecule has 3 aliphatic carbocycles. The van der Waals surface area contributed by atoms with Crippen LogP contribution in [0.5, 0.6) is 0 Å². The highest BCUT2D eigenvalue weighted by Crippen LogP contribution is 2.58. The summed E-state index contributed by atoms with van der Waals surface area (Å²) in [7, 11) is 0. The average molecular weight is 1060 g/mol. The number of nitrogens with zero attached hydrogens (tertiary/aromatic N) is 7. The third-order valence-electron chi connectivity index (χ3n) is 14.9. The van der Waals surface area contributed by atoms with Gasteiger partial charge in [0.05, 0.1) is 45.2 Å². The number of halogens is 5. The molecule has 0 amide bonds. The topological polar surface area (TPSA) is 154 Å². The van der Waals surface area contributed by atoms with E-state index in [1.54, 1.807) is 36.5 Å². The molecule has 2 N–H and O–H groups in total. The molecular formula is C59H43Cl3F2N8O3. The van der Waals surface area contributed by atoms with Gasteiger partial charge in [-0.1, -0.05) is 74.5 Å². The summed E-state index contributed by atoms with van der Waals surface area (Å²) in [6.07, 6.45) is 7.31. The Morgan fingerprint density at radius 1 is 0.440 bits per heavy atom. The third-order valence-corrected chi connectivity index (χ3v) is 15.6. The minimum Gasteiger partial charge on any atom is -0.384 e. The number of nitrogen functional groups attached to an aromatic ring is 1. The number of rotatable bonds is 3. The summed E-state index contributed by atoms with van der Waals surface area (Å²) in [4.78, 5) is 19.1. The van der Waals surface area contributed by atoms with Crippen LogP contribution >= 0.6 is 34.8 Å². The van der Waals surface area contributed by atoms with Gasteiger partial charge in [0.2, 0.25) is 0 Å². The van der Waals surface area contributed by atoms with E-state index >= 15 is 0 Å². The molecule has 7 heterocycles. The minimum atomic E-state index is -0.401. The van der Waals surface area contributed by atoms with Gasteiger partial charge < -0.3 is 19.3 Å². The molecule has 0 unspecified atom stereocenters. The predicted molar refractivity (Wildman–Crippen MR) is 287 cm³/mol. The van der Waals surface area contributed by atoms with Crippen molar-refractivity contribution in [3.63, 3.8) is 0 Å². The summed E-state index contributed by atoms with van der Waals surface area (Å²) in [5.41, 5.74) is 21.4. The number of aryl methyl sites for hydroxylation is 3. The van der Waals surface area contributed by atoms with Gasteiger partial charge in [0, 0.05) is 49.6 Å². The van der Waals surface area contributed by atoms with Crippen LogP contribution in [-0.4, -0.2) is 37.0 Å². The van der Waals surface area contributed by atoms with E-state index in [1.807, 2.05) is 63.2 Å². The lowest BCUT2D eigenvalue weighted by molar-refractivity contribution is 0.354. The van der Waals surface area contributed by atoms with Gasteiger partial charge in [-0.05, 0) is 173 Å². The van der Waals surface area contributed by atoms with Crippen molar-refractivity contribution in [3.8, 4) is 44.5 Å². The fourth-order valence-electron chi connectivity index (χ4n) is 10.5. The van der Waals surface area contributed by atoms with E-state index in [0.717, 1.165) is 157 Å². The number of anilines is 1. The quantitative estimate of drug-likeness (QED) is 0.183. The van der Waals surface area contributed by atoms with Gasteiger partial charge in [-0.3, -0.25) is 15.0 Å². The molecule has 9 aromatic rings. The van der Waals surface area contributed by atoms with E-state index in [9.17, 15) is 8.78 Å². The van der Waals surface area contributed by atoms with Crippen LogP contribution in [-0.2, 0) is 16.6 Å². The Bertz CT molecular complexity index is 3900. The number of pyridine rings is 1. The molecule has 11 nitrogen and oxygen atoms in total. The molecule has 0 saturated heterocycles. The summed E-state index contributed by atoms with van der Waals surface area (Å²) in [5, 5.41) is 14.3. The van der Waals surface area contributed by atoms with Crippen molar-refractivity contribution >= 4 is 57.2 Å². The summed E-state index contributed by atoms with van der Waals surface area (Å²) >= 11 is 18.7. The summed E-state index contributed by atoms with van der Waals surface area (Å²) < 4.78 is 44.1. The molecule has 3 fully saturated rings. The van der Waals surface area contributed by atoms with Crippen molar-refractivity contribution in [2.75, 3.05) is 5.73 Å². The highest BCUT2D eigenvalue weighted by Gasteiger charge is 2.54. The Morgan fingerprint density at radius 2 is 0.827 bits per heavy atom. The highest BCUT2D eigenvalue weighted by molar-refractivity contribution is 6.70. The Balaban J connectivity index is 0.000000111. The molecule has 5 aromatic carbocycles. The SMILES string of the molecule is Cc1noc2c1-c1ccc(-c3ccc(N)nc3)cc1C(c1ccc(F)cc1)=NC21CC1.Cc1noc2c1-c1ccc(Cl)cc1C(Cl)=NC21CC1.Cc1noc2c1-c1ccc(Cl)cc1C(c1ccc(F)cc1)=NC21CC1. The molecule has 6 aliphatic rings. The smallest absolute Gasteiger partial charge is 0.172 e. The standard InChI is InChI=1S/C25H19FN4O.C20H14ClFN2O.C14H10Cl2N2O/c1-14-22-19-8-4-16(17-5-9-21(27)28-13-17)12-20(19)23(15-2-6-18(26)7-3-15)29-25(10-11-25)24(22)31-30-14;1-11-17-15-7-4-13(21)10-16(15)18(12-2-5-14(22)6-3-12)23-20(8-9-20)19(17)25-24-11;1-7-11-9-3-2-8(15)6-10(9)13(16)17-14(4-5-14)12(11)19-18-7/h2-9,12-13H,10-11H2,1H3,(H2,27,28);2-7,10H,8-9H2,1H3;2-3,6H,4-5H2,1H3. The molecule has 75 heavy (non-hydrogen) atoms. The van der Waals surface area contributed by atoms with E-state index in [4.69, 9.17) is 64.1 Å². The molecule has 16 heteroatoms. The normalized spacial score (nSPS) is 16.8. The zero-order chi connectivity index (χ0) is 51.5. The van der Waals surface area contributed by atoms with Gasteiger partial charge in [0.15, 0.2) is 17.3 Å². The van der Waals surface area contributed by atoms with Gasteiger partial charge in [0.1, 0.15) is 39.2 Å². The number of aliphatic imine (C=N–C) groups is 3. The van der Waals surface area contributed by atoms with Crippen LogP contribution in [0.2, 0.25) is 10.0 Å². The van der Waals surface area contributed by atoms with Crippen LogP contribution < -0.4 is 5.73 Å². The first-order valence-corrected chi connectivity index (χ1v) is 25.7. The number of fused-ring (bicyclic) bond motifs is 12. The van der Waals surface area contributed by atoms with Crippen molar-refractivity contribution in [1.82, 2.24) is 20.5 Å². The second-order valence-corrected chi connectivity index (χ2v) is 21.2. The van der Waals surface area contributed by atoms with Crippen molar-refractivity contribution < 1.29 is 22.4 Å². The van der Waals surface area contributed by atoms with Crippen LogP contribution in [0.4, 0.5) is 14.6 Å². The largest absolute Gasteiger partial charge is 0.384 e. The number of hydrogen-bond donors (Lipinski definition) is 1. The van der Waals surface area contributed by atoms with Gasteiger partial charge in [-0.2, -0.15) is 0 Å². The highest BCUT2D eigenvalue weighted by atomic mass is 35.5. The lowest BCUT2D eigenvalue weighted by Gasteiger charge is -2.13. The lowest BCUT2D eigenvalue weighted by atomic mass is 9.90. The molecular weight excluding hydrogens is 1010 g/mol. The fraction of sp³-hybridized carbons (Fsp3) is 0.203. The van der Waals surface area contributed by atoms with Gasteiger partial charge in [0.25, 0.3) is 0 Å². The maximum absolute atomic E-state index is 13.7. The van der Waals surface area contributed by atoms with E-state index in [-0.39, 0.29) is 22.7 Å². The first-order valence-electron chi connectivity index (χ1n) is 24.6. The second-order valence-electron chi connectivity index (χ2n) is 20.0. The van der Waals surface area contributed by atoms with Crippen LogP contribution in [0.15, 0.2) is 150 Å². The van der Waals surface area contributed by atoms with Crippen molar-refractivity contribution in [2.24, 2.45) is 15.0 Å². The Morgan fingerprint density at radius 3 is 1.27 bits per heavy atom. The van der Waals surface area contributed by atoms with Crippen molar-refractivity contribution in [3.05, 3.63) is 205 Å². The number of hydrogen-bond acceptors (Lipinski definition) is 11. The van der Waals surface area contributed by atoms with E-state index in [0.29, 0.717) is 21.0 Å². The van der Waals surface area contributed by atoms with Crippen molar-refractivity contribution in [2.45, 2.75) is 75.9 Å². The Hall–Kier alpha value is -7.58. The maximum Gasteiger partial charge on any atom is 0.172 e. The second kappa shape index (κ2) is 17.5. The monoisotopic (exact) mass is 1050 g/mol. The molecule has 0 atom stereocenters. The number of aromatic nitrogens is 4. The number of nitrogens with two attached hydrogens (primary N) is 1. The van der Waals surface area contributed by atoms with E-state index in [1.165, 1.54) is 24.3 Å². The fourth-order valence-corrected chi connectivity index (χ4v) is 11.2. The summed E-state index contributed by atoms with van der Waals surface area (Å²) in [6, 6.07) is 34.4. The molecule has 3 saturated carbocycles. The zero-order valence-electron chi connectivity index (χ0n) is 40.6. The van der Waals surface area contributed by atoms with Crippen molar-refractivity contribution in [1.29, 1.82) is 0 Å². The van der Waals surface area contributed by atoms with Gasteiger partial charge in [-0.25, -0.2) is 13.8 Å². The molecule has 0 radical (unpaired) electrons. The molecule has 3 aliphatic heterocycles. The molecule has 372 valence electrons. The third kappa shape index (κ3) is 8.10. The zero-order valence-corrected chi connectivity index (χ0v) is 42.9. The van der Waals surface area contributed by atoms with E-state index in [2.05, 4.69) is 43.6 Å². The molecule has 3 spiro atoms. The average Bonchev–Trinajstić information content (AvgIpc) is 4.39. The first kappa shape index (κ1) is 47.2. The van der Waals surface area contributed by atoms with Gasteiger partial charge in [-0.15, -0.1) is 0 Å². The predicted octanol–water partition coefficient (Wildman–Crippen LogP) is 14.8. The summed E-state index contributed by atoms with van der Waals surface area (Å²) in [6.45, 7) is 5.85. The minimum absolute atomic E-state index is 0.266. The van der Waals surface area contributed by atoms with Gasteiger partial charge >= 0.3 is 0 Å². The number of benzene rings is 5. The first-order chi connectivity index (χ1) is 36.2. The molecule has 15 rings (SSSR count). The summed E-state index contributed by atoms with van der Waals surface area (Å²) in [5.74, 6) is 2.43. The lowest BCUT2D eigenvalue weighted by Crippen LogP contribution is -2.09. The van der Waals surface area contributed by atoms with Crippen LogP contribution in [0, 0.1) is 32.4 Å². The van der Waals surface area contributed by atoms with Crippen LogP contribution in [0.3, 0.4) is 0 Å². The van der Waals surface area contributed by atoms with Crippen LogP contribution in [0.1, 0.15) is 101 Å². The Labute approximate surface area is 444 Å².